The third kappa shape index (κ3) is 4.04. The average Bonchev–Trinajstić information content (AvgIpc) is 2.95. The molecule has 1 saturated heterocycles. The van der Waals surface area contributed by atoms with Gasteiger partial charge in [0.2, 0.25) is 5.91 Å². The van der Waals surface area contributed by atoms with Gasteiger partial charge in [-0.05, 0) is 43.7 Å². The average molecular weight is 310 g/mol. The molecule has 1 aromatic heterocycles. The molecule has 2 atom stereocenters. The van der Waals surface area contributed by atoms with E-state index >= 15 is 0 Å². The molecule has 0 saturated carbocycles. The summed E-state index contributed by atoms with van der Waals surface area (Å²) < 4.78 is 4.99. The number of rotatable bonds is 5. The minimum atomic E-state index is -0.392. The summed E-state index contributed by atoms with van der Waals surface area (Å²) in [6.07, 6.45) is 3.06. The van der Waals surface area contributed by atoms with Crippen LogP contribution in [0.5, 0.6) is 0 Å². The second-order valence-corrected chi connectivity index (χ2v) is 6.09. The van der Waals surface area contributed by atoms with Crippen LogP contribution in [0.25, 0.3) is 0 Å². The lowest BCUT2D eigenvalue weighted by Gasteiger charge is -2.28. The van der Waals surface area contributed by atoms with Gasteiger partial charge in [-0.25, -0.2) is 4.79 Å². The quantitative estimate of drug-likeness (QED) is 0.821. The van der Waals surface area contributed by atoms with Crippen LogP contribution in [0.3, 0.4) is 0 Å². The number of anilines is 1. The smallest absolute Gasteiger partial charge is 0.341 e. The van der Waals surface area contributed by atoms with Crippen LogP contribution in [0.15, 0.2) is 11.4 Å². The Morgan fingerprint density at radius 1 is 1.48 bits per heavy atom. The molecule has 2 heterocycles. The van der Waals surface area contributed by atoms with Crippen molar-refractivity contribution in [1.82, 2.24) is 5.32 Å². The summed E-state index contributed by atoms with van der Waals surface area (Å²) in [6.45, 7) is 5.11. The zero-order chi connectivity index (χ0) is 15.2. The van der Waals surface area contributed by atoms with Crippen LogP contribution in [-0.2, 0) is 9.53 Å². The van der Waals surface area contributed by atoms with Gasteiger partial charge >= 0.3 is 5.97 Å². The zero-order valence-electron chi connectivity index (χ0n) is 12.5. The van der Waals surface area contributed by atoms with E-state index < -0.39 is 5.97 Å². The van der Waals surface area contributed by atoms with E-state index in [0.29, 0.717) is 23.1 Å². The van der Waals surface area contributed by atoms with Crippen LogP contribution in [0.2, 0.25) is 0 Å². The van der Waals surface area contributed by atoms with Crippen molar-refractivity contribution >= 4 is 28.2 Å². The number of hydrogen-bond donors (Lipinski definition) is 2. The normalized spacial score (nSPS) is 21.8. The molecule has 0 spiro atoms. The van der Waals surface area contributed by atoms with Gasteiger partial charge in [0.1, 0.15) is 5.00 Å². The monoisotopic (exact) mass is 310 g/mol. The molecule has 2 rings (SSSR count). The lowest BCUT2D eigenvalue weighted by atomic mass is 9.90. The Kier molecular flexibility index (Phi) is 5.76. The van der Waals surface area contributed by atoms with E-state index in [2.05, 4.69) is 17.6 Å². The van der Waals surface area contributed by atoms with Gasteiger partial charge in [0.15, 0.2) is 0 Å². The molecule has 1 aromatic rings. The number of carbonyl (C=O) groups excluding carboxylic acids is 2. The van der Waals surface area contributed by atoms with Crippen molar-refractivity contribution in [1.29, 1.82) is 0 Å². The molecular weight excluding hydrogens is 288 g/mol. The van der Waals surface area contributed by atoms with Crippen LogP contribution in [0.1, 0.15) is 43.5 Å². The molecule has 1 amide bonds. The van der Waals surface area contributed by atoms with Gasteiger partial charge in [-0.15, -0.1) is 11.3 Å². The summed E-state index contributed by atoms with van der Waals surface area (Å²) in [5.74, 6) is 0.132. The molecule has 2 N–H and O–H groups in total. The number of piperidine rings is 1. The first kappa shape index (κ1) is 16.0. The molecule has 0 aliphatic carbocycles. The largest absolute Gasteiger partial charge is 0.462 e. The third-order valence-electron chi connectivity index (χ3n) is 3.80. The van der Waals surface area contributed by atoms with Crippen LogP contribution in [0, 0.1) is 5.92 Å². The molecule has 1 aliphatic heterocycles. The van der Waals surface area contributed by atoms with Crippen LogP contribution in [-0.4, -0.2) is 31.1 Å². The van der Waals surface area contributed by atoms with Crippen LogP contribution >= 0.6 is 11.3 Å². The van der Waals surface area contributed by atoms with E-state index in [1.54, 1.807) is 18.4 Å². The summed E-state index contributed by atoms with van der Waals surface area (Å²) in [6, 6.07) is 1.50. The number of esters is 1. The summed E-state index contributed by atoms with van der Waals surface area (Å²) >= 11 is 1.34. The molecule has 0 radical (unpaired) electrons. The second-order valence-electron chi connectivity index (χ2n) is 5.18. The van der Waals surface area contributed by atoms with Gasteiger partial charge in [0.05, 0.1) is 18.2 Å². The van der Waals surface area contributed by atoms with Gasteiger partial charge in [-0.2, -0.15) is 0 Å². The first-order valence-electron chi connectivity index (χ1n) is 7.44. The zero-order valence-corrected chi connectivity index (χ0v) is 13.3. The second kappa shape index (κ2) is 7.56. The SMILES string of the molecule is CCOC(=O)c1ccsc1NC(=O)C1CC(CC)CCN1. The highest BCUT2D eigenvalue weighted by atomic mass is 32.1. The molecular formula is C15H22N2O3S. The number of hydrogen-bond acceptors (Lipinski definition) is 5. The Bertz CT molecular complexity index is 501. The highest BCUT2D eigenvalue weighted by Crippen LogP contribution is 2.26. The number of carbonyl (C=O) groups is 2. The maximum absolute atomic E-state index is 12.3. The Morgan fingerprint density at radius 3 is 3.00 bits per heavy atom. The van der Waals surface area contributed by atoms with Crippen molar-refractivity contribution < 1.29 is 14.3 Å². The summed E-state index contributed by atoms with van der Waals surface area (Å²) in [4.78, 5) is 24.1. The summed E-state index contributed by atoms with van der Waals surface area (Å²) in [7, 11) is 0. The minimum Gasteiger partial charge on any atom is -0.462 e. The van der Waals surface area contributed by atoms with Gasteiger partial charge < -0.3 is 15.4 Å². The van der Waals surface area contributed by atoms with Crippen molar-refractivity contribution in [3.63, 3.8) is 0 Å². The summed E-state index contributed by atoms with van der Waals surface area (Å²) in [5, 5.41) is 8.46. The molecule has 2 unspecified atom stereocenters. The standard InChI is InChI=1S/C15H22N2O3S/c1-3-10-5-7-16-12(9-10)13(18)17-14-11(6-8-21-14)15(19)20-4-2/h6,8,10,12,16H,3-5,7,9H2,1-2H3,(H,17,18). The third-order valence-corrected chi connectivity index (χ3v) is 4.63. The van der Waals surface area contributed by atoms with Crippen molar-refractivity contribution in [3.8, 4) is 0 Å². The molecule has 1 fully saturated rings. The van der Waals surface area contributed by atoms with Crippen LogP contribution in [0.4, 0.5) is 5.00 Å². The van der Waals surface area contributed by atoms with Crippen molar-refractivity contribution in [2.24, 2.45) is 5.92 Å². The summed E-state index contributed by atoms with van der Waals surface area (Å²) in [5.41, 5.74) is 0.429. The molecule has 21 heavy (non-hydrogen) atoms. The van der Waals surface area contributed by atoms with E-state index in [0.717, 1.165) is 25.8 Å². The Balaban J connectivity index is 2.00. The van der Waals surface area contributed by atoms with E-state index in [4.69, 9.17) is 4.74 Å². The molecule has 1 aliphatic rings. The van der Waals surface area contributed by atoms with Gasteiger partial charge in [-0.3, -0.25) is 4.79 Å². The fraction of sp³-hybridized carbons (Fsp3) is 0.600. The Hall–Kier alpha value is -1.40. The minimum absolute atomic E-state index is 0.0684. The maximum atomic E-state index is 12.3. The highest BCUT2D eigenvalue weighted by molar-refractivity contribution is 7.14. The number of ether oxygens (including phenoxy) is 1. The molecule has 5 nitrogen and oxygen atoms in total. The number of thiophene rings is 1. The number of amides is 1. The molecule has 6 heteroatoms. The van der Waals surface area contributed by atoms with Crippen molar-refractivity contribution in [2.75, 3.05) is 18.5 Å². The lowest BCUT2D eigenvalue weighted by molar-refractivity contribution is -0.119. The number of nitrogens with one attached hydrogen (secondary N) is 2. The first-order chi connectivity index (χ1) is 10.2. The van der Waals surface area contributed by atoms with E-state index in [-0.39, 0.29) is 11.9 Å². The topological polar surface area (TPSA) is 67.4 Å². The van der Waals surface area contributed by atoms with E-state index in [1.807, 2.05) is 0 Å². The Labute approximate surface area is 129 Å². The maximum Gasteiger partial charge on any atom is 0.341 e. The first-order valence-corrected chi connectivity index (χ1v) is 8.32. The predicted octanol–water partition coefficient (Wildman–Crippen LogP) is 2.64. The fourth-order valence-corrected chi connectivity index (χ4v) is 3.32. The van der Waals surface area contributed by atoms with Gasteiger partial charge in [0.25, 0.3) is 0 Å². The molecule has 0 bridgehead atoms. The lowest BCUT2D eigenvalue weighted by Crippen LogP contribution is -2.46. The van der Waals surface area contributed by atoms with Crippen LogP contribution < -0.4 is 10.6 Å². The van der Waals surface area contributed by atoms with Crippen molar-refractivity contribution in [2.45, 2.75) is 39.2 Å². The van der Waals surface area contributed by atoms with Gasteiger partial charge in [-0.1, -0.05) is 13.3 Å². The fourth-order valence-electron chi connectivity index (χ4n) is 2.54. The van der Waals surface area contributed by atoms with Crippen molar-refractivity contribution in [3.05, 3.63) is 17.0 Å². The van der Waals surface area contributed by atoms with E-state index in [1.165, 1.54) is 11.3 Å². The molecule has 116 valence electrons. The highest BCUT2D eigenvalue weighted by Gasteiger charge is 2.27. The predicted molar refractivity (Wildman–Crippen MR) is 83.7 cm³/mol. The molecule has 0 aromatic carbocycles. The Morgan fingerprint density at radius 2 is 2.29 bits per heavy atom. The van der Waals surface area contributed by atoms with Gasteiger partial charge in [0, 0.05) is 0 Å². The van der Waals surface area contributed by atoms with E-state index in [9.17, 15) is 9.59 Å².